The van der Waals surface area contributed by atoms with Crippen molar-refractivity contribution in [1.29, 1.82) is 0 Å². The van der Waals surface area contributed by atoms with Crippen molar-refractivity contribution in [2.24, 2.45) is 0 Å². The first-order chi connectivity index (χ1) is 10.1. The molecule has 0 spiro atoms. The van der Waals surface area contributed by atoms with Crippen LogP contribution < -0.4 is 16.0 Å². The predicted molar refractivity (Wildman–Crippen MR) is 77.9 cm³/mol. The highest BCUT2D eigenvalue weighted by molar-refractivity contribution is 5.80. The summed E-state index contributed by atoms with van der Waals surface area (Å²) in [5, 5.41) is 2.79. The van der Waals surface area contributed by atoms with E-state index in [4.69, 9.17) is 5.73 Å². The molecular formula is C12H18N8O. The fourth-order valence-corrected chi connectivity index (χ4v) is 1.64. The summed E-state index contributed by atoms with van der Waals surface area (Å²) in [6.45, 7) is 2.78. The summed E-state index contributed by atoms with van der Waals surface area (Å²) >= 11 is 0. The molecule has 21 heavy (non-hydrogen) atoms. The molecule has 3 N–H and O–H groups in total. The minimum Gasteiger partial charge on any atom is -0.368 e. The van der Waals surface area contributed by atoms with E-state index in [-0.39, 0.29) is 18.4 Å². The third kappa shape index (κ3) is 3.88. The fraction of sp³-hybridized carbons (Fsp3) is 0.417. The van der Waals surface area contributed by atoms with E-state index in [0.29, 0.717) is 18.4 Å². The Hall–Kier alpha value is -2.71. The Morgan fingerprint density at radius 1 is 1.43 bits per heavy atom. The van der Waals surface area contributed by atoms with Gasteiger partial charge in [-0.15, -0.1) is 0 Å². The molecular weight excluding hydrogens is 272 g/mol. The third-order valence-corrected chi connectivity index (χ3v) is 2.66. The topological polar surface area (TPSA) is 115 Å². The largest absolute Gasteiger partial charge is 0.368 e. The van der Waals surface area contributed by atoms with Crippen LogP contribution in [0.4, 0.5) is 11.9 Å². The molecule has 0 saturated carbocycles. The van der Waals surface area contributed by atoms with Gasteiger partial charge >= 0.3 is 0 Å². The molecule has 0 aliphatic rings. The van der Waals surface area contributed by atoms with Gasteiger partial charge in [0.15, 0.2) is 0 Å². The van der Waals surface area contributed by atoms with Crippen molar-refractivity contribution in [3.63, 3.8) is 0 Å². The van der Waals surface area contributed by atoms with E-state index in [1.165, 1.54) is 0 Å². The van der Waals surface area contributed by atoms with Gasteiger partial charge in [0.05, 0.1) is 6.54 Å². The first kappa shape index (κ1) is 14.7. The zero-order valence-electron chi connectivity index (χ0n) is 12.0. The molecule has 0 bridgehead atoms. The highest BCUT2D eigenvalue weighted by Gasteiger charge is 2.13. The van der Waals surface area contributed by atoms with Gasteiger partial charge in [0.25, 0.3) is 0 Å². The van der Waals surface area contributed by atoms with Crippen molar-refractivity contribution in [2.45, 2.75) is 13.3 Å². The van der Waals surface area contributed by atoms with Gasteiger partial charge in [0.1, 0.15) is 6.33 Å². The van der Waals surface area contributed by atoms with Crippen LogP contribution in [-0.4, -0.2) is 50.5 Å². The Morgan fingerprint density at radius 3 is 2.90 bits per heavy atom. The Morgan fingerprint density at radius 2 is 2.24 bits per heavy atom. The van der Waals surface area contributed by atoms with Gasteiger partial charge in [0.2, 0.25) is 23.8 Å². The molecule has 2 aromatic heterocycles. The molecule has 0 radical (unpaired) electrons. The predicted octanol–water partition coefficient (Wildman–Crippen LogP) is -0.398. The number of likely N-dealkylation sites (N-methyl/N-ethyl adjacent to an activating group) is 1. The van der Waals surface area contributed by atoms with E-state index in [0.717, 1.165) is 6.42 Å². The molecule has 112 valence electrons. The summed E-state index contributed by atoms with van der Waals surface area (Å²) in [6.07, 6.45) is 5.76. The number of aromatic nitrogens is 5. The zero-order chi connectivity index (χ0) is 15.2. The Bertz CT molecular complexity index is 597. The SMILES string of the molecule is CCCNC(=O)CN(C)c1nc(N)nc(-n2ccnc2)n1. The van der Waals surface area contributed by atoms with Gasteiger partial charge in [-0.25, -0.2) is 4.98 Å². The minimum atomic E-state index is -0.0949. The Labute approximate surface area is 122 Å². The van der Waals surface area contributed by atoms with Crippen molar-refractivity contribution in [3.05, 3.63) is 18.7 Å². The maximum absolute atomic E-state index is 11.7. The van der Waals surface area contributed by atoms with Crippen LogP contribution >= 0.6 is 0 Å². The molecule has 9 nitrogen and oxygen atoms in total. The molecule has 0 aliphatic heterocycles. The van der Waals surface area contributed by atoms with Crippen LogP contribution in [0.1, 0.15) is 13.3 Å². The van der Waals surface area contributed by atoms with Crippen LogP contribution in [0, 0.1) is 0 Å². The normalized spacial score (nSPS) is 10.4. The first-order valence-corrected chi connectivity index (χ1v) is 6.58. The molecule has 0 aliphatic carbocycles. The Kier molecular flexibility index (Phi) is 4.64. The third-order valence-electron chi connectivity index (χ3n) is 2.66. The second-order valence-corrected chi connectivity index (χ2v) is 4.47. The van der Waals surface area contributed by atoms with E-state index in [1.807, 2.05) is 6.92 Å². The van der Waals surface area contributed by atoms with Crippen molar-refractivity contribution < 1.29 is 4.79 Å². The number of imidazole rings is 1. The van der Waals surface area contributed by atoms with Gasteiger partial charge in [-0.2, -0.15) is 15.0 Å². The lowest BCUT2D eigenvalue weighted by molar-refractivity contribution is -0.119. The smallest absolute Gasteiger partial charge is 0.241 e. The molecule has 0 aromatic carbocycles. The molecule has 0 fully saturated rings. The second kappa shape index (κ2) is 6.64. The summed E-state index contributed by atoms with van der Waals surface area (Å²) in [5.41, 5.74) is 5.69. The van der Waals surface area contributed by atoms with E-state index in [9.17, 15) is 4.79 Å². The van der Waals surface area contributed by atoms with Crippen molar-refractivity contribution >= 4 is 17.8 Å². The number of anilines is 2. The lowest BCUT2D eigenvalue weighted by atomic mass is 10.4. The van der Waals surface area contributed by atoms with E-state index >= 15 is 0 Å². The molecule has 0 unspecified atom stereocenters. The monoisotopic (exact) mass is 290 g/mol. The highest BCUT2D eigenvalue weighted by Crippen LogP contribution is 2.10. The first-order valence-electron chi connectivity index (χ1n) is 6.58. The van der Waals surface area contributed by atoms with E-state index < -0.39 is 0 Å². The lowest BCUT2D eigenvalue weighted by Crippen LogP contribution is -2.36. The number of hydrogen-bond acceptors (Lipinski definition) is 7. The number of nitrogens with one attached hydrogen (secondary N) is 1. The molecule has 0 atom stereocenters. The second-order valence-electron chi connectivity index (χ2n) is 4.47. The number of hydrogen-bond donors (Lipinski definition) is 2. The summed E-state index contributed by atoms with van der Waals surface area (Å²) in [5.74, 6) is 0.681. The van der Waals surface area contributed by atoms with Crippen molar-refractivity contribution in [1.82, 2.24) is 29.8 Å². The number of carbonyl (C=O) groups excluding carboxylic acids is 1. The molecule has 9 heteroatoms. The van der Waals surface area contributed by atoms with Crippen molar-refractivity contribution in [3.8, 4) is 5.95 Å². The van der Waals surface area contributed by atoms with Gasteiger partial charge in [-0.3, -0.25) is 9.36 Å². The zero-order valence-corrected chi connectivity index (χ0v) is 12.0. The van der Waals surface area contributed by atoms with Crippen LogP contribution in [0.25, 0.3) is 5.95 Å². The quantitative estimate of drug-likeness (QED) is 0.744. The van der Waals surface area contributed by atoms with Crippen LogP contribution in [-0.2, 0) is 4.79 Å². The standard InChI is InChI=1S/C12H18N8O/c1-3-4-15-9(21)7-19(2)11-16-10(13)17-12(18-11)20-6-5-14-8-20/h5-6,8H,3-4,7H2,1-2H3,(H,15,21)(H2,13,16,17,18). The number of amides is 1. The van der Waals surface area contributed by atoms with Gasteiger partial charge in [-0.05, 0) is 6.42 Å². The number of rotatable bonds is 6. The molecule has 2 heterocycles. The van der Waals surface area contributed by atoms with Crippen LogP contribution in [0.2, 0.25) is 0 Å². The van der Waals surface area contributed by atoms with Crippen LogP contribution in [0.5, 0.6) is 0 Å². The summed E-state index contributed by atoms with van der Waals surface area (Å²) in [6, 6.07) is 0. The van der Waals surface area contributed by atoms with Gasteiger partial charge in [-0.1, -0.05) is 6.92 Å². The minimum absolute atomic E-state index is 0.0875. The molecule has 2 rings (SSSR count). The van der Waals surface area contributed by atoms with Gasteiger partial charge < -0.3 is 16.0 Å². The van der Waals surface area contributed by atoms with Crippen LogP contribution in [0.3, 0.4) is 0 Å². The van der Waals surface area contributed by atoms with Crippen LogP contribution in [0.15, 0.2) is 18.7 Å². The molecule has 1 amide bonds. The maximum Gasteiger partial charge on any atom is 0.241 e. The average Bonchev–Trinajstić information content (AvgIpc) is 2.98. The summed E-state index contributed by atoms with van der Waals surface area (Å²) < 4.78 is 1.62. The summed E-state index contributed by atoms with van der Waals surface area (Å²) in [7, 11) is 1.72. The average molecular weight is 290 g/mol. The Balaban J connectivity index is 2.14. The number of nitrogens with two attached hydrogens (primary N) is 1. The van der Waals surface area contributed by atoms with Crippen molar-refractivity contribution in [2.75, 3.05) is 30.8 Å². The number of nitrogen functional groups attached to an aromatic ring is 1. The van der Waals surface area contributed by atoms with E-state index in [2.05, 4.69) is 25.3 Å². The molecule has 0 saturated heterocycles. The van der Waals surface area contributed by atoms with E-state index in [1.54, 1.807) is 35.2 Å². The highest BCUT2D eigenvalue weighted by atomic mass is 16.2. The summed E-state index contributed by atoms with van der Waals surface area (Å²) in [4.78, 5) is 29.6. The fourth-order valence-electron chi connectivity index (χ4n) is 1.64. The number of nitrogens with zero attached hydrogens (tertiary/aromatic N) is 6. The van der Waals surface area contributed by atoms with Gasteiger partial charge in [0, 0.05) is 26.0 Å². The number of carbonyl (C=O) groups is 1. The maximum atomic E-state index is 11.7. The molecule has 2 aromatic rings. The lowest BCUT2D eigenvalue weighted by Gasteiger charge is -2.17.